The lowest BCUT2D eigenvalue weighted by atomic mass is 9.79. The van der Waals surface area contributed by atoms with Crippen molar-refractivity contribution in [1.29, 1.82) is 0 Å². The van der Waals surface area contributed by atoms with Gasteiger partial charge in [0.2, 0.25) is 5.91 Å². The maximum Gasteiger partial charge on any atom is 0.305 e. The molecule has 0 spiro atoms. The molecule has 1 fully saturated rings. The largest absolute Gasteiger partial charge is 0.473 e. The van der Waals surface area contributed by atoms with Crippen LogP contribution in [0.15, 0.2) is 140 Å². The molecule has 0 aliphatic carbocycles. The first-order chi connectivity index (χ1) is 21.5. The van der Waals surface area contributed by atoms with Gasteiger partial charge in [0.25, 0.3) is 0 Å². The molecule has 0 radical (unpaired) electrons. The van der Waals surface area contributed by atoms with Crippen LogP contribution in [0.25, 0.3) is 0 Å². The highest BCUT2D eigenvalue weighted by atomic mass is 19.1. The average Bonchev–Trinajstić information content (AvgIpc) is 3.08. The first kappa shape index (κ1) is 28.9. The van der Waals surface area contributed by atoms with Crippen LogP contribution in [0.5, 0.6) is 5.75 Å². The average molecular weight is 586 g/mol. The number of methoxy groups -OCH3 is 1. The van der Waals surface area contributed by atoms with Crippen LogP contribution in [0.2, 0.25) is 0 Å². The number of hydrogen-bond acceptors (Lipinski definition) is 4. The lowest BCUT2D eigenvalue weighted by molar-refractivity contribution is -0.141. The normalized spacial score (nSPS) is 16.2. The van der Waals surface area contributed by atoms with Crippen LogP contribution in [0.4, 0.5) is 10.1 Å². The van der Waals surface area contributed by atoms with Gasteiger partial charge in [-0.15, -0.1) is 0 Å². The molecule has 6 heteroatoms. The molecular formula is C38H32FNO4. The van der Waals surface area contributed by atoms with Gasteiger partial charge in [0.05, 0.1) is 19.1 Å². The third kappa shape index (κ3) is 5.47. The monoisotopic (exact) mass is 585 g/mol. The molecule has 5 nitrogen and oxygen atoms in total. The summed E-state index contributed by atoms with van der Waals surface area (Å²) in [5, 5.41) is 0. The van der Waals surface area contributed by atoms with Crippen LogP contribution in [-0.2, 0) is 19.9 Å². The van der Waals surface area contributed by atoms with Crippen LogP contribution < -0.4 is 9.64 Å². The first-order valence-electron chi connectivity index (χ1n) is 14.6. The maximum absolute atomic E-state index is 13.7. The lowest BCUT2D eigenvalue weighted by Gasteiger charge is -2.47. The number of anilines is 1. The molecule has 0 bridgehead atoms. The van der Waals surface area contributed by atoms with Gasteiger partial charge in [-0.25, -0.2) is 4.39 Å². The second kappa shape index (κ2) is 12.6. The SMILES string of the molecule is COC(=O)CC[C@H]1C(=O)N(c2ccc(F)cc2)[C@@H]1c1ccc(OC(c2ccccc2)(c2ccccc2)c2ccccc2)cc1. The molecule has 0 aromatic heterocycles. The van der Waals surface area contributed by atoms with E-state index in [1.165, 1.54) is 19.2 Å². The number of carbonyl (C=O) groups excluding carboxylic acids is 2. The van der Waals surface area contributed by atoms with Gasteiger partial charge < -0.3 is 14.4 Å². The minimum Gasteiger partial charge on any atom is -0.473 e. The van der Waals surface area contributed by atoms with Crippen molar-refractivity contribution in [2.45, 2.75) is 24.5 Å². The Balaban J connectivity index is 1.38. The zero-order valence-electron chi connectivity index (χ0n) is 24.3. The van der Waals surface area contributed by atoms with Crippen molar-refractivity contribution in [3.63, 3.8) is 0 Å². The molecule has 220 valence electrons. The van der Waals surface area contributed by atoms with Gasteiger partial charge in [-0.1, -0.05) is 103 Å². The third-order valence-electron chi connectivity index (χ3n) is 8.24. The number of amides is 1. The Hall–Kier alpha value is -5.23. The quantitative estimate of drug-likeness (QED) is 0.0952. The zero-order chi connectivity index (χ0) is 30.5. The molecule has 1 amide bonds. The second-order valence-electron chi connectivity index (χ2n) is 10.8. The number of rotatable bonds is 10. The summed E-state index contributed by atoms with van der Waals surface area (Å²) < 4.78 is 25.5. The van der Waals surface area contributed by atoms with E-state index in [0.29, 0.717) is 17.9 Å². The fraction of sp³-hybridized carbons (Fsp3) is 0.158. The maximum atomic E-state index is 13.7. The van der Waals surface area contributed by atoms with Crippen molar-refractivity contribution >= 4 is 17.6 Å². The van der Waals surface area contributed by atoms with E-state index in [-0.39, 0.29) is 30.2 Å². The standard InChI is InChI=1S/C38H32FNO4/c1-43-35(41)26-25-34-36(40(37(34)42)32-21-19-31(39)20-22-32)27-17-23-33(24-18-27)44-38(28-11-5-2-6-12-28,29-13-7-3-8-14-29)30-15-9-4-10-16-30/h2-24,34,36H,25-26H2,1H3/t34-,36-/m1/s1. The van der Waals surface area contributed by atoms with E-state index in [0.717, 1.165) is 22.3 Å². The Morgan fingerprint density at radius 2 is 1.23 bits per heavy atom. The number of nitrogens with zero attached hydrogens (tertiary/aromatic N) is 1. The summed E-state index contributed by atoms with van der Waals surface area (Å²) in [5.41, 5.74) is 3.51. The van der Waals surface area contributed by atoms with E-state index in [1.807, 2.05) is 78.9 Å². The van der Waals surface area contributed by atoms with E-state index >= 15 is 0 Å². The molecule has 5 aromatic rings. The number of hydrogen-bond donors (Lipinski definition) is 0. The van der Waals surface area contributed by atoms with E-state index < -0.39 is 11.5 Å². The molecule has 2 atom stereocenters. The highest BCUT2D eigenvalue weighted by Gasteiger charge is 2.48. The number of β-lactam (4-membered cyclic amide) rings is 1. The van der Waals surface area contributed by atoms with Gasteiger partial charge in [-0.2, -0.15) is 0 Å². The summed E-state index contributed by atoms with van der Waals surface area (Å²) in [7, 11) is 1.34. The Morgan fingerprint density at radius 3 is 1.70 bits per heavy atom. The van der Waals surface area contributed by atoms with Crippen LogP contribution in [-0.4, -0.2) is 19.0 Å². The smallest absolute Gasteiger partial charge is 0.305 e. The molecule has 6 rings (SSSR count). The Morgan fingerprint density at radius 1 is 0.727 bits per heavy atom. The summed E-state index contributed by atoms with van der Waals surface area (Å²) in [5.74, 6) is -0.610. The number of benzene rings is 5. The van der Waals surface area contributed by atoms with Crippen molar-refractivity contribution in [3.8, 4) is 5.75 Å². The molecule has 5 aromatic carbocycles. The van der Waals surface area contributed by atoms with Crippen molar-refractivity contribution in [3.05, 3.63) is 168 Å². The van der Waals surface area contributed by atoms with E-state index in [2.05, 4.69) is 36.4 Å². The van der Waals surface area contributed by atoms with Crippen molar-refractivity contribution in [1.82, 2.24) is 0 Å². The zero-order valence-corrected chi connectivity index (χ0v) is 24.3. The van der Waals surface area contributed by atoms with Crippen LogP contribution in [0.1, 0.15) is 41.1 Å². The van der Waals surface area contributed by atoms with Gasteiger partial charge in [-0.3, -0.25) is 9.59 Å². The van der Waals surface area contributed by atoms with E-state index in [9.17, 15) is 14.0 Å². The molecule has 0 saturated carbocycles. The molecule has 1 heterocycles. The Kier molecular flexibility index (Phi) is 8.24. The third-order valence-corrected chi connectivity index (χ3v) is 8.24. The van der Waals surface area contributed by atoms with Crippen molar-refractivity contribution in [2.24, 2.45) is 5.92 Å². The second-order valence-corrected chi connectivity index (χ2v) is 10.8. The molecular weight excluding hydrogens is 553 g/mol. The Bertz CT molecular complexity index is 1610. The number of esters is 1. The van der Waals surface area contributed by atoms with Crippen molar-refractivity contribution < 1.29 is 23.5 Å². The van der Waals surface area contributed by atoms with Crippen LogP contribution in [0.3, 0.4) is 0 Å². The molecule has 1 aliphatic heterocycles. The van der Waals surface area contributed by atoms with Crippen LogP contribution >= 0.6 is 0 Å². The number of carbonyl (C=O) groups is 2. The van der Waals surface area contributed by atoms with E-state index in [4.69, 9.17) is 9.47 Å². The summed E-state index contributed by atoms with van der Waals surface area (Å²) in [6.45, 7) is 0. The summed E-state index contributed by atoms with van der Waals surface area (Å²) in [4.78, 5) is 26.9. The minimum atomic E-state index is -0.930. The first-order valence-corrected chi connectivity index (χ1v) is 14.6. The summed E-state index contributed by atoms with van der Waals surface area (Å²) in [6.07, 6.45) is 0.487. The fourth-order valence-electron chi connectivity index (χ4n) is 6.08. The van der Waals surface area contributed by atoms with Gasteiger partial charge in [0, 0.05) is 28.8 Å². The summed E-state index contributed by atoms with van der Waals surface area (Å²) in [6, 6.07) is 43.7. The van der Waals surface area contributed by atoms with Crippen molar-refractivity contribution in [2.75, 3.05) is 12.0 Å². The minimum absolute atomic E-state index is 0.109. The molecule has 0 N–H and O–H groups in total. The molecule has 1 saturated heterocycles. The number of ether oxygens (including phenoxy) is 2. The number of halogens is 1. The Labute approximate surface area is 256 Å². The predicted octanol–water partition coefficient (Wildman–Crippen LogP) is 7.85. The van der Waals surface area contributed by atoms with Gasteiger partial charge in [0.15, 0.2) is 5.60 Å². The van der Waals surface area contributed by atoms with Gasteiger partial charge >= 0.3 is 5.97 Å². The molecule has 1 aliphatic rings. The molecule has 44 heavy (non-hydrogen) atoms. The predicted molar refractivity (Wildman–Crippen MR) is 168 cm³/mol. The lowest BCUT2D eigenvalue weighted by Crippen LogP contribution is -2.55. The van der Waals surface area contributed by atoms with Crippen LogP contribution in [0, 0.1) is 11.7 Å². The topological polar surface area (TPSA) is 55.8 Å². The van der Waals surface area contributed by atoms with Gasteiger partial charge in [-0.05, 0) is 48.4 Å². The van der Waals surface area contributed by atoms with Gasteiger partial charge in [0.1, 0.15) is 11.6 Å². The summed E-state index contributed by atoms with van der Waals surface area (Å²) >= 11 is 0. The van der Waals surface area contributed by atoms with E-state index in [1.54, 1.807) is 17.0 Å². The molecule has 0 unspecified atom stereocenters. The highest BCUT2D eigenvalue weighted by molar-refractivity contribution is 6.03. The highest BCUT2D eigenvalue weighted by Crippen LogP contribution is 2.47. The fourth-order valence-corrected chi connectivity index (χ4v) is 6.08.